The molecule has 7 heteroatoms. The molecule has 7 nitrogen and oxygen atoms in total. The second kappa shape index (κ2) is 5.01. The number of anilines is 1. The van der Waals surface area contributed by atoms with Gasteiger partial charge in [0.15, 0.2) is 5.82 Å². The third-order valence-corrected chi connectivity index (χ3v) is 3.45. The molecule has 21 heavy (non-hydrogen) atoms. The summed E-state index contributed by atoms with van der Waals surface area (Å²) in [5.74, 6) is -1.50. The summed E-state index contributed by atoms with van der Waals surface area (Å²) in [6.45, 7) is 0. The molecule has 2 atom stereocenters. The Labute approximate surface area is 120 Å². The summed E-state index contributed by atoms with van der Waals surface area (Å²) in [7, 11) is 1.79. The Morgan fingerprint density at radius 2 is 2.00 bits per heavy atom. The Morgan fingerprint density at radius 1 is 1.29 bits per heavy atom. The van der Waals surface area contributed by atoms with E-state index < -0.39 is 17.8 Å². The van der Waals surface area contributed by atoms with Crippen molar-refractivity contribution in [1.29, 1.82) is 0 Å². The highest BCUT2D eigenvalue weighted by Gasteiger charge is 2.48. The minimum absolute atomic E-state index is 0.244. The fourth-order valence-corrected chi connectivity index (χ4v) is 2.17. The zero-order valence-electron chi connectivity index (χ0n) is 11.4. The quantitative estimate of drug-likeness (QED) is 0.878. The van der Waals surface area contributed by atoms with Gasteiger partial charge in [0.2, 0.25) is 5.91 Å². The first-order valence-electron chi connectivity index (χ1n) is 6.54. The molecular weight excluding hydrogens is 272 g/mol. The van der Waals surface area contributed by atoms with Gasteiger partial charge in [0, 0.05) is 18.3 Å². The topological polar surface area (TPSA) is 97.1 Å². The van der Waals surface area contributed by atoms with Crippen LogP contribution in [0.4, 0.5) is 5.69 Å². The van der Waals surface area contributed by atoms with Crippen LogP contribution in [0, 0.1) is 11.8 Å². The van der Waals surface area contributed by atoms with Crippen LogP contribution in [-0.4, -0.2) is 31.7 Å². The Hall–Kier alpha value is -2.70. The van der Waals surface area contributed by atoms with Gasteiger partial charge < -0.3 is 10.4 Å². The minimum Gasteiger partial charge on any atom is -0.481 e. The van der Waals surface area contributed by atoms with Gasteiger partial charge in [0.05, 0.1) is 11.8 Å². The fourth-order valence-electron chi connectivity index (χ4n) is 2.17. The van der Waals surface area contributed by atoms with E-state index in [1.807, 2.05) is 12.1 Å². The van der Waals surface area contributed by atoms with Crippen molar-refractivity contribution < 1.29 is 14.7 Å². The molecule has 1 heterocycles. The molecule has 0 bridgehead atoms. The van der Waals surface area contributed by atoms with Crippen molar-refractivity contribution in [2.75, 3.05) is 5.32 Å². The number of nitrogens with zero attached hydrogens (tertiary/aromatic N) is 3. The van der Waals surface area contributed by atoms with Gasteiger partial charge in [0.25, 0.3) is 0 Å². The fraction of sp³-hybridized carbons (Fsp3) is 0.286. The van der Waals surface area contributed by atoms with Crippen molar-refractivity contribution in [1.82, 2.24) is 14.8 Å². The molecule has 0 saturated heterocycles. The van der Waals surface area contributed by atoms with Crippen LogP contribution in [-0.2, 0) is 16.6 Å². The van der Waals surface area contributed by atoms with E-state index in [-0.39, 0.29) is 5.91 Å². The number of benzene rings is 1. The molecule has 0 unspecified atom stereocenters. The van der Waals surface area contributed by atoms with E-state index in [2.05, 4.69) is 15.4 Å². The zero-order chi connectivity index (χ0) is 15.0. The molecule has 108 valence electrons. The molecule has 0 spiro atoms. The number of hydrogen-bond donors (Lipinski definition) is 2. The predicted molar refractivity (Wildman–Crippen MR) is 74.3 cm³/mol. The summed E-state index contributed by atoms with van der Waals surface area (Å²) in [5.41, 5.74) is 1.49. The highest BCUT2D eigenvalue weighted by Crippen LogP contribution is 2.39. The molecule has 3 rings (SSSR count). The second-order valence-corrected chi connectivity index (χ2v) is 5.10. The van der Waals surface area contributed by atoms with Crippen molar-refractivity contribution in [3.63, 3.8) is 0 Å². The largest absolute Gasteiger partial charge is 0.481 e. The van der Waals surface area contributed by atoms with Crippen LogP contribution >= 0.6 is 0 Å². The Morgan fingerprint density at radius 3 is 2.52 bits per heavy atom. The summed E-state index contributed by atoms with van der Waals surface area (Å²) >= 11 is 0. The first-order valence-corrected chi connectivity index (χ1v) is 6.54. The normalized spacial score (nSPS) is 20.0. The summed E-state index contributed by atoms with van der Waals surface area (Å²) in [4.78, 5) is 26.7. The van der Waals surface area contributed by atoms with Crippen molar-refractivity contribution in [3.8, 4) is 11.4 Å². The third-order valence-electron chi connectivity index (χ3n) is 3.45. The first kappa shape index (κ1) is 13.3. The zero-order valence-corrected chi connectivity index (χ0v) is 11.4. The number of carbonyl (C=O) groups excluding carboxylic acids is 1. The van der Waals surface area contributed by atoms with E-state index in [0.29, 0.717) is 17.9 Å². The molecular formula is C14H14N4O3. The Kier molecular flexibility index (Phi) is 3.17. The summed E-state index contributed by atoms with van der Waals surface area (Å²) in [5, 5.41) is 15.7. The van der Waals surface area contributed by atoms with Gasteiger partial charge in [-0.3, -0.25) is 14.3 Å². The number of carbonyl (C=O) groups is 2. The molecule has 0 aliphatic heterocycles. The number of carboxylic acids is 1. The highest BCUT2D eigenvalue weighted by atomic mass is 16.4. The maximum atomic E-state index is 11.8. The summed E-state index contributed by atoms with van der Waals surface area (Å²) in [6.07, 6.45) is 2.03. The molecule has 1 fully saturated rings. The van der Waals surface area contributed by atoms with Gasteiger partial charge in [0.1, 0.15) is 6.33 Å². The van der Waals surface area contributed by atoms with Gasteiger partial charge in [-0.1, -0.05) is 0 Å². The van der Waals surface area contributed by atoms with Crippen LogP contribution in [0.5, 0.6) is 0 Å². The monoisotopic (exact) mass is 286 g/mol. The number of carboxylic acid groups (broad SMARTS) is 1. The maximum Gasteiger partial charge on any atom is 0.307 e. The molecule has 1 aliphatic rings. The van der Waals surface area contributed by atoms with Gasteiger partial charge in [-0.05, 0) is 30.7 Å². The van der Waals surface area contributed by atoms with Crippen molar-refractivity contribution in [2.24, 2.45) is 18.9 Å². The van der Waals surface area contributed by atoms with Crippen molar-refractivity contribution in [3.05, 3.63) is 30.6 Å². The molecule has 1 saturated carbocycles. The lowest BCUT2D eigenvalue weighted by molar-refractivity contribution is -0.139. The number of nitrogens with one attached hydrogen (secondary N) is 1. The highest BCUT2D eigenvalue weighted by molar-refractivity contribution is 5.98. The van der Waals surface area contributed by atoms with E-state index in [4.69, 9.17) is 5.11 Å². The van der Waals surface area contributed by atoms with Crippen LogP contribution in [0.1, 0.15) is 6.42 Å². The Balaban J connectivity index is 1.65. The lowest BCUT2D eigenvalue weighted by atomic mass is 10.2. The average Bonchev–Trinajstić information content (AvgIpc) is 3.16. The first-order chi connectivity index (χ1) is 10.0. The van der Waals surface area contributed by atoms with Gasteiger partial charge in [-0.15, -0.1) is 0 Å². The third kappa shape index (κ3) is 2.76. The average molecular weight is 286 g/mol. The standard InChI is InChI=1S/C14H14N4O3/c1-18-7-15-12(17-18)8-2-4-9(5-3-8)16-13(19)10-6-11(10)14(20)21/h2-5,7,10-11H,6H2,1H3,(H,16,19)(H,20,21)/t10-,11+/m0/s1. The molecule has 2 aromatic rings. The van der Waals surface area contributed by atoms with Gasteiger partial charge in [-0.25, -0.2) is 4.98 Å². The lowest BCUT2D eigenvalue weighted by Gasteiger charge is -2.05. The molecule has 1 aromatic heterocycles. The Bertz CT molecular complexity index is 692. The summed E-state index contributed by atoms with van der Waals surface area (Å²) < 4.78 is 1.62. The smallest absolute Gasteiger partial charge is 0.307 e. The SMILES string of the molecule is Cn1cnc(-c2ccc(NC(=O)[C@H]3C[C@H]3C(=O)O)cc2)n1. The van der Waals surface area contributed by atoms with E-state index in [1.54, 1.807) is 30.2 Å². The number of aromatic nitrogens is 3. The van der Waals surface area contributed by atoms with Gasteiger partial charge in [-0.2, -0.15) is 5.10 Å². The van der Waals surface area contributed by atoms with Crippen LogP contribution in [0.15, 0.2) is 30.6 Å². The molecule has 1 amide bonds. The number of aryl methyl sites for hydroxylation is 1. The molecule has 1 aliphatic carbocycles. The minimum atomic E-state index is -0.910. The number of amides is 1. The van der Waals surface area contributed by atoms with Crippen molar-refractivity contribution in [2.45, 2.75) is 6.42 Å². The van der Waals surface area contributed by atoms with E-state index in [9.17, 15) is 9.59 Å². The van der Waals surface area contributed by atoms with Crippen LogP contribution in [0.3, 0.4) is 0 Å². The van der Waals surface area contributed by atoms with Crippen LogP contribution < -0.4 is 5.32 Å². The number of rotatable bonds is 4. The van der Waals surface area contributed by atoms with Crippen LogP contribution in [0.25, 0.3) is 11.4 Å². The number of aliphatic carboxylic acids is 1. The molecule has 1 aromatic carbocycles. The van der Waals surface area contributed by atoms with E-state index in [1.165, 1.54) is 0 Å². The van der Waals surface area contributed by atoms with E-state index in [0.717, 1.165) is 5.56 Å². The molecule has 0 radical (unpaired) electrons. The van der Waals surface area contributed by atoms with Crippen LogP contribution in [0.2, 0.25) is 0 Å². The summed E-state index contributed by atoms with van der Waals surface area (Å²) in [6, 6.07) is 7.13. The van der Waals surface area contributed by atoms with Crippen molar-refractivity contribution >= 4 is 17.6 Å². The lowest BCUT2D eigenvalue weighted by Crippen LogP contribution is -2.16. The number of hydrogen-bond acceptors (Lipinski definition) is 4. The van der Waals surface area contributed by atoms with Gasteiger partial charge >= 0.3 is 5.97 Å². The van der Waals surface area contributed by atoms with E-state index >= 15 is 0 Å². The second-order valence-electron chi connectivity index (χ2n) is 5.10. The molecule has 2 N–H and O–H groups in total. The maximum absolute atomic E-state index is 11.8. The predicted octanol–water partition coefficient (Wildman–Crippen LogP) is 1.14.